The Hall–Kier alpha value is -4.40. The van der Waals surface area contributed by atoms with Crippen LogP contribution in [0.4, 0.5) is 5.82 Å². The molecule has 14 heteroatoms. The lowest BCUT2D eigenvalue weighted by molar-refractivity contribution is -0.148. The number of nitrogens with zero attached hydrogens (tertiary/aromatic N) is 3. The van der Waals surface area contributed by atoms with Crippen LogP contribution in [0.2, 0.25) is 0 Å². The number of amides is 1. The first-order valence-corrected chi connectivity index (χ1v) is 30.2. The third kappa shape index (κ3) is 11.6. The van der Waals surface area contributed by atoms with Crippen LogP contribution in [-0.4, -0.2) is 79.5 Å². The lowest BCUT2D eigenvalue weighted by Crippen LogP contribution is -2.55. The SMILES string of the molecule is CC(=O)O[C@@H]1CCc2cc(c(O)c3c2[C@@H]2C=C[C@]4(CCC[C@@H]4C2)O3)CN2C[C@](Cc3ccnc(N)c3)(CCN=C(N)N[C@@]3(CCCC34CCCC4)SSC[C@@H](CCc3ccccc3)CCCC[C@H](O)C1)CC2=O. The molecule has 7 N–H and O–H groups in total. The quantitative estimate of drug-likeness (QED) is 0.0895. The average molecular weight is 1030 g/mol. The number of aliphatic imine (C=N–C) groups is 1. The van der Waals surface area contributed by atoms with Crippen LogP contribution in [0, 0.1) is 22.7 Å². The molecule has 3 saturated carbocycles. The zero-order valence-electron chi connectivity index (χ0n) is 43.2. The van der Waals surface area contributed by atoms with E-state index in [9.17, 15) is 19.8 Å². The molecule has 8 atom stereocenters. The van der Waals surface area contributed by atoms with E-state index in [2.05, 4.69) is 58.9 Å². The molecule has 6 bridgehead atoms. The van der Waals surface area contributed by atoms with Crippen molar-refractivity contribution in [2.45, 2.75) is 190 Å². The van der Waals surface area contributed by atoms with Gasteiger partial charge in [-0.25, -0.2) is 4.98 Å². The smallest absolute Gasteiger partial charge is 0.302 e. The van der Waals surface area contributed by atoms with Gasteiger partial charge in [-0.2, -0.15) is 0 Å². The Bertz CT molecular complexity index is 2500. The number of hydrogen-bond donors (Lipinski definition) is 5. The summed E-state index contributed by atoms with van der Waals surface area (Å²) in [5.41, 5.74) is 17.6. The summed E-state index contributed by atoms with van der Waals surface area (Å²) in [7, 11) is 4.02. The van der Waals surface area contributed by atoms with Gasteiger partial charge in [-0.15, -0.1) is 0 Å². The summed E-state index contributed by atoms with van der Waals surface area (Å²) in [6.45, 7) is 2.59. The van der Waals surface area contributed by atoms with Gasteiger partial charge in [0.1, 0.15) is 22.4 Å². The Balaban J connectivity index is 0.976. The van der Waals surface area contributed by atoms with Crippen molar-refractivity contribution in [2.75, 3.05) is 24.6 Å². The largest absolute Gasteiger partial charge is 0.504 e. The number of esters is 1. The first kappa shape index (κ1) is 52.1. The Morgan fingerprint density at radius 1 is 0.932 bits per heavy atom. The Morgan fingerprint density at radius 2 is 1.75 bits per heavy atom. The number of nitrogens with two attached hydrogens (primary N) is 2. The average Bonchev–Trinajstić information content (AvgIpc) is 4.12. The third-order valence-corrected chi connectivity index (χ3v) is 21.7. The Morgan fingerprint density at radius 3 is 2.58 bits per heavy atom. The predicted molar refractivity (Wildman–Crippen MR) is 293 cm³/mol. The van der Waals surface area contributed by atoms with Gasteiger partial charge in [0.2, 0.25) is 5.91 Å². The number of aromatic nitrogens is 1. The van der Waals surface area contributed by atoms with E-state index in [1.165, 1.54) is 44.6 Å². The molecule has 3 aromatic rings. The van der Waals surface area contributed by atoms with Crippen molar-refractivity contribution in [3.8, 4) is 11.5 Å². The predicted octanol–water partition coefficient (Wildman–Crippen LogP) is 10.9. The number of hydrogen-bond acceptors (Lipinski definition) is 13. The number of aromatic hydroxyl groups is 1. The highest BCUT2D eigenvalue weighted by Crippen LogP contribution is 2.63. The molecule has 11 rings (SSSR count). The van der Waals surface area contributed by atoms with Crippen LogP contribution >= 0.6 is 21.6 Å². The lowest BCUT2D eigenvalue weighted by Gasteiger charge is -2.44. The fraction of sp³-hybridized carbons (Fsp3) is 0.627. The topological polar surface area (TPSA) is 186 Å². The van der Waals surface area contributed by atoms with Crippen LogP contribution in [0.5, 0.6) is 11.5 Å². The van der Waals surface area contributed by atoms with Crippen molar-refractivity contribution in [1.29, 1.82) is 0 Å². The van der Waals surface area contributed by atoms with Crippen molar-refractivity contribution in [3.05, 3.63) is 94.7 Å². The molecule has 4 aliphatic carbocycles. The Labute approximate surface area is 441 Å². The zero-order valence-corrected chi connectivity index (χ0v) is 44.8. The second-order valence-electron chi connectivity index (χ2n) is 23.3. The van der Waals surface area contributed by atoms with Crippen LogP contribution < -0.4 is 21.5 Å². The molecule has 73 heavy (non-hydrogen) atoms. The van der Waals surface area contributed by atoms with Gasteiger partial charge in [0.25, 0.3) is 0 Å². The maximum atomic E-state index is 14.5. The number of phenols is 1. The number of nitrogens with one attached hydrogen (secondary N) is 1. The summed E-state index contributed by atoms with van der Waals surface area (Å²) in [5.74, 6) is 3.19. The number of rotatable bonds is 6. The minimum absolute atomic E-state index is 0.0231. The molecule has 1 aromatic heterocycles. The van der Waals surface area contributed by atoms with Gasteiger partial charge in [-0.1, -0.05) is 83.7 Å². The summed E-state index contributed by atoms with van der Waals surface area (Å²) < 4.78 is 13.1. The van der Waals surface area contributed by atoms with E-state index in [4.69, 9.17) is 25.9 Å². The fourth-order valence-corrected chi connectivity index (χ4v) is 18.6. The van der Waals surface area contributed by atoms with Crippen molar-refractivity contribution in [1.82, 2.24) is 15.2 Å². The minimum Gasteiger partial charge on any atom is -0.504 e. The number of anilines is 1. The molecule has 5 heterocycles. The summed E-state index contributed by atoms with van der Waals surface area (Å²) >= 11 is 0. The summed E-state index contributed by atoms with van der Waals surface area (Å²) in [5, 5.41) is 28.0. The molecular formula is C59H80N6O6S2. The minimum atomic E-state index is -0.614. The Kier molecular flexibility index (Phi) is 16.0. The third-order valence-electron chi connectivity index (χ3n) is 18.3. The lowest BCUT2D eigenvalue weighted by atomic mass is 9.75. The number of carbonyl (C=O) groups is 2. The van der Waals surface area contributed by atoms with Gasteiger partial charge in [-0.05, 0) is 156 Å². The van der Waals surface area contributed by atoms with Crippen molar-refractivity contribution < 1.29 is 29.3 Å². The number of fused-ring (bicyclic) bond motifs is 5. The highest BCUT2D eigenvalue weighted by molar-refractivity contribution is 8.77. The van der Waals surface area contributed by atoms with Gasteiger partial charge in [0, 0.05) is 85.1 Å². The van der Waals surface area contributed by atoms with E-state index in [-0.39, 0.29) is 40.4 Å². The number of nitrogen functional groups attached to an aromatic ring is 1. The molecule has 2 aromatic carbocycles. The molecular weight excluding hydrogens is 953 g/mol. The number of benzene rings is 2. The van der Waals surface area contributed by atoms with Crippen LogP contribution in [0.15, 0.2) is 71.9 Å². The normalized spacial score (nSPS) is 31.9. The molecule has 8 aliphatic rings. The highest BCUT2D eigenvalue weighted by atomic mass is 33.1. The van der Waals surface area contributed by atoms with Gasteiger partial charge in [0.05, 0.1) is 6.10 Å². The number of phenolic OH excluding ortho intramolecular Hbond substituents is 1. The van der Waals surface area contributed by atoms with Gasteiger partial charge in [0.15, 0.2) is 17.5 Å². The van der Waals surface area contributed by atoms with E-state index in [1.807, 2.05) is 38.6 Å². The van der Waals surface area contributed by atoms with Gasteiger partial charge >= 0.3 is 5.97 Å². The van der Waals surface area contributed by atoms with Crippen molar-refractivity contribution >= 4 is 45.2 Å². The molecule has 3 spiro atoms. The number of aliphatic hydroxyl groups excluding tert-OH is 1. The van der Waals surface area contributed by atoms with Crippen molar-refractivity contribution in [2.24, 2.45) is 33.4 Å². The number of aryl methyl sites for hydroxylation is 2. The highest BCUT2D eigenvalue weighted by Gasteiger charge is 2.57. The maximum Gasteiger partial charge on any atom is 0.302 e. The molecule has 12 nitrogen and oxygen atoms in total. The molecule has 0 radical (unpaired) electrons. The van der Waals surface area contributed by atoms with E-state index in [0.717, 1.165) is 93.1 Å². The molecule has 394 valence electrons. The second-order valence-corrected chi connectivity index (χ2v) is 26.0. The van der Waals surface area contributed by atoms with E-state index >= 15 is 0 Å². The van der Waals surface area contributed by atoms with Crippen LogP contribution in [0.25, 0.3) is 0 Å². The van der Waals surface area contributed by atoms with E-state index in [0.29, 0.717) is 93.0 Å². The van der Waals surface area contributed by atoms with Crippen LogP contribution in [0.1, 0.15) is 169 Å². The number of carbonyl (C=O) groups excluding carboxylic acids is 2. The number of guanidine groups is 1. The number of allylic oxidation sites excluding steroid dienone is 1. The molecule has 0 unspecified atom stereocenters. The zero-order chi connectivity index (χ0) is 50.6. The van der Waals surface area contributed by atoms with Gasteiger partial charge in [-0.3, -0.25) is 14.6 Å². The first-order valence-electron chi connectivity index (χ1n) is 27.9. The summed E-state index contributed by atoms with van der Waals surface area (Å²) in [6, 6.07) is 16.8. The van der Waals surface area contributed by atoms with E-state index < -0.39 is 23.2 Å². The second kappa shape index (κ2) is 22.4. The maximum absolute atomic E-state index is 14.5. The summed E-state index contributed by atoms with van der Waals surface area (Å²) in [6.07, 6.45) is 26.2. The van der Waals surface area contributed by atoms with E-state index in [1.54, 1.807) is 6.20 Å². The van der Waals surface area contributed by atoms with Crippen LogP contribution in [0.3, 0.4) is 0 Å². The van der Waals surface area contributed by atoms with Crippen molar-refractivity contribution in [3.63, 3.8) is 0 Å². The standard InChI is InChI=1S/C59H80N6O6S2/c1-40(66)70-49-19-18-44-32-46(53(69)54-52(44)45-20-27-58(71-54)25-9-14-47(58)33-45)37-65-39-56(36-51(65)68,35-43-21-29-62-50(60)31-43)28-30-63-55(61)64-59(26-10-24-57(59)22-7-8-23-57)73-72-38-42(13-5-6-15-48(67)34-49)17-16-41-11-3-2-4-12-41/h2-4,11-12,20-21,27,29,31-32,42,45,47-49,67,69H,5-10,13-19,22-26,28,30,33-39H2,1H3,(H2,60,62)(H3,61,63,64)/t42-,45-,47-,48+,49-,56+,58+,59+/m1/s1. The molecule has 4 fully saturated rings. The summed E-state index contributed by atoms with van der Waals surface area (Å²) in [4.78, 5) is 38.3. The number of aliphatic hydroxyl groups is 1. The molecule has 4 aliphatic heterocycles. The first-order chi connectivity index (χ1) is 35.3. The van der Waals surface area contributed by atoms with Gasteiger partial charge < -0.3 is 41.4 Å². The number of ether oxygens (including phenoxy) is 2. The molecule has 1 amide bonds. The number of pyridine rings is 1. The monoisotopic (exact) mass is 1030 g/mol. The fourth-order valence-electron chi connectivity index (χ4n) is 14.6. The van der Waals surface area contributed by atoms with Crippen LogP contribution in [-0.2, 0) is 40.1 Å². The molecule has 1 saturated heterocycles.